The van der Waals surface area contributed by atoms with Crippen LogP contribution >= 0.6 is 11.8 Å². The van der Waals surface area contributed by atoms with Gasteiger partial charge >= 0.3 is 0 Å². The molecule has 0 amide bonds. The van der Waals surface area contributed by atoms with E-state index in [9.17, 15) is 4.39 Å². The maximum atomic E-state index is 12.2. The second-order valence-electron chi connectivity index (χ2n) is 4.24. The van der Waals surface area contributed by atoms with Gasteiger partial charge in [-0.2, -0.15) is 0 Å². The van der Waals surface area contributed by atoms with Crippen molar-refractivity contribution in [3.8, 4) is 0 Å². The summed E-state index contributed by atoms with van der Waals surface area (Å²) < 4.78 is 12.2. The maximum Gasteiger partial charge on any atom is 0.0934 e. The molecular formula is C16H17FNS. The lowest BCUT2D eigenvalue weighted by molar-refractivity contribution is 0.495. The molecule has 0 aliphatic heterocycles. The minimum atomic E-state index is -0.314. The molecule has 0 aliphatic rings. The number of aryl methyl sites for hydroxylation is 1. The Morgan fingerprint density at radius 2 is 2.05 bits per heavy atom. The summed E-state index contributed by atoms with van der Waals surface area (Å²) >= 11 is 1.69. The molecule has 1 nitrogen and oxygen atoms in total. The molecule has 1 N–H and O–H groups in total. The molecular weight excluding hydrogens is 257 g/mol. The van der Waals surface area contributed by atoms with Crippen molar-refractivity contribution in [1.29, 1.82) is 0 Å². The minimum absolute atomic E-state index is 0.314. The topological polar surface area (TPSA) is 12.0 Å². The van der Waals surface area contributed by atoms with Gasteiger partial charge in [0.25, 0.3) is 0 Å². The Labute approximate surface area is 118 Å². The Kier molecular flexibility index (Phi) is 5.43. The van der Waals surface area contributed by atoms with Crippen LogP contribution in [0.2, 0.25) is 0 Å². The third-order valence-electron chi connectivity index (χ3n) is 2.79. The summed E-state index contributed by atoms with van der Waals surface area (Å²) in [5.41, 5.74) is 2.27. The van der Waals surface area contributed by atoms with Gasteiger partial charge in [0, 0.05) is 22.8 Å². The molecule has 0 atom stereocenters. The molecule has 0 saturated carbocycles. The largest absolute Gasteiger partial charge is 0.316 e. The van der Waals surface area contributed by atoms with Gasteiger partial charge < -0.3 is 5.32 Å². The fraction of sp³-hybridized carbons (Fsp3) is 0.250. The van der Waals surface area contributed by atoms with Gasteiger partial charge in [-0.25, -0.2) is 0 Å². The average Bonchev–Trinajstić information content (AvgIpc) is 2.44. The Morgan fingerprint density at radius 1 is 1.21 bits per heavy atom. The monoisotopic (exact) mass is 274 g/mol. The van der Waals surface area contributed by atoms with Crippen molar-refractivity contribution >= 4 is 11.8 Å². The first-order valence-electron chi connectivity index (χ1n) is 6.30. The van der Waals surface area contributed by atoms with E-state index in [0.717, 1.165) is 17.0 Å². The molecule has 3 heteroatoms. The van der Waals surface area contributed by atoms with Crippen molar-refractivity contribution < 1.29 is 4.39 Å². The number of hydrogen-bond donors (Lipinski definition) is 1. The van der Waals surface area contributed by atoms with Crippen molar-refractivity contribution in [1.82, 2.24) is 5.32 Å². The van der Waals surface area contributed by atoms with Crippen molar-refractivity contribution in [2.75, 3.05) is 13.7 Å². The lowest BCUT2D eigenvalue weighted by atomic mass is 10.2. The second-order valence-corrected chi connectivity index (χ2v) is 5.32. The van der Waals surface area contributed by atoms with Crippen LogP contribution in [-0.2, 0) is 13.0 Å². The maximum absolute atomic E-state index is 12.2. The van der Waals surface area contributed by atoms with Gasteiger partial charge in [0.2, 0.25) is 0 Å². The van der Waals surface area contributed by atoms with Gasteiger partial charge in [0.1, 0.15) is 0 Å². The minimum Gasteiger partial charge on any atom is -0.316 e. The quantitative estimate of drug-likeness (QED) is 0.858. The lowest BCUT2D eigenvalue weighted by Gasteiger charge is -2.08. The lowest BCUT2D eigenvalue weighted by Crippen LogP contribution is -2.05. The Hall–Kier alpha value is -1.32. The van der Waals surface area contributed by atoms with E-state index in [0.29, 0.717) is 6.42 Å². The van der Waals surface area contributed by atoms with E-state index < -0.39 is 0 Å². The van der Waals surface area contributed by atoms with Crippen molar-refractivity contribution in [3.63, 3.8) is 0 Å². The van der Waals surface area contributed by atoms with Crippen LogP contribution in [0.3, 0.4) is 0 Å². The van der Waals surface area contributed by atoms with Gasteiger partial charge in [-0.15, -0.1) is 0 Å². The summed E-state index contributed by atoms with van der Waals surface area (Å²) in [5, 5.41) is 3.17. The number of benzene rings is 2. The zero-order valence-corrected chi connectivity index (χ0v) is 11.8. The molecule has 2 aromatic carbocycles. The van der Waals surface area contributed by atoms with Crippen LogP contribution < -0.4 is 5.32 Å². The van der Waals surface area contributed by atoms with Crippen LogP contribution in [-0.4, -0.2) is 13.7 Å². The molecule has 19 heavy (non-hydrogen) atoms. The van der Waals surface area contributed by atoms with E-state index in [1.165, 1.54) is 10.5 Å². The van der Waals surface area contributed by atoms with E-state index in [2.05, 4.69) is 23.5 Å². The van der Waals surface area contributed by atoms with E-state index >= 15 is 0 Å². The van der Waals surface area contributed by atoms with Crippen molar-refractivity contribution in [3.05, 3.63) is 59.7 Å². The molecule has 1 radical (unpaired) electrons. The molecule has 0 heterocycles. The fourth-order valence-electron chi connectivity index (χ4n) is 1.83. The zero-order chi connectivity index (χ0) is 13.5. The standard InChI is InChI=1S/C16H17FNS/c1-18-12-14-4-2-3-5-16(14)19-15-8-6-13(7-9-15)10-11-17/h2-8,18H,10-12H2,1H3. The van der Waals surface area contributed by atoms with E-state index in [1.54, 1.807) is 11.8 Å². The molecule has 2 rings (SSSR count). The summed E-state index contributed by atoms with van der Waals surface area (Å²) in [6, 6.07) is 17.4. The number of nitrogens with one attached hydrogen (secondary N) is 1. The van der Waals surface area contributed by atoms with Crippen LogP contribution in [0.25, 0.3) is 0 Å². The fourth-order valence-corrected chi connectivity index (χ4v) is 2.74. The first kappa shape index (κ1) is 14.1. The normalized spacial score (nSPS) is 10.6. The van der Waals surface area contributed by atoms with Crippen LogP contribution in [0.15, 0.2) is 52.3 Å². The van der Waals surface area contributed by atoms with Crippen molar-refractivity contribution in [2.45, 2.75) is 22.8 Å². The molecule has 0 bridgehead atoms. The van der Waals surface area contributed by atoms with Gasteiger partial charge in [-0.1, -0.05) is 36.0 Å². The highest BCUT2D eigenvalue weighted by Crippen LogP contribution is 2.30. The van der Waals surface area contributed by atoms with Crippen LogP contribution in [0, 0.1) is 6.07 Å². The Balaban J connectivity index is 2.12. The molecule has 0 unspecified atom stereocenters. The highest BCUT2D eigenvalue weighted by molar-refractivity contribution is 7.99. The van der Waals surface area contributed by atoms with Gasteiger partial charge in [0.15, 0.2) is 0 Å². The van der Waals surface area contributed by atoms with Crippen molar-refractivity contribution in [2.24, 2.45) is 0 Å². The smallest absolute Gasteiger partial charge is 0.0934 e. The first-order chi connectivity index (χ1) is 9.33. The Bertz CT molecular complexity index is 510. The van der Waals surface area contributed by atoms with Crippen LogP contribution in [0.1, 0.15) is 11.1 Å². The number of halogens is 1. The highest BCUT2D eigenvalue weighted by Gasteiger charge is 2.03. The molecule has 0 aromatic heterocycles. The molecule has 0 aliphatic carbocycles. The Morgan fingerprint density at radius 3 is 2.74 bits per heavy atom. The molecule has 2 aromatic rings. The molecule has 0 saturated heterocycles. The summed E-state index contributed by atoms with van der Waals surface area (Å²) in [6.45, 7) is 0.536. The SMILES string of the molecule is CNCc1ccccc1Sc1[c]cc(CCF)cc1. The predicted octanol–water partition coefficient (Wildman–Crippen LogP) is 3.87. The van der Waals surface area contributed by atoms with Crippen LogP contribution in [0.5, 0.6) is 0 Å². The highest BCUT2D eigenvalue weighted by atomic mass is 32.2. The summed E-state index contributed by atoms with van der Waals surface area (Å²) in [5.74, 6) is 0. The summed E-state index contributed by atoms with van der Waals surface area (Å²) in [6.07, 6.45) is 0.470. The van der Waals surface area contributed by atoms with Gasteiger partial charge in [-0.05, 0) is 42.4 Å². The average molecular weight is 274 g/mol. The molecule has 99 valence electrons. The third kappa shape index (κ3) is 4.08. The number of rotatable bonds is 6. The molecule has 0 fully saturated rings. The van der Waals surface area contributed by atoms with E-state index in [1.807, 2.05) is 37.4 Å². The third-order valence-corrected chi connectivity index (χ3v) is 3.88. The van der Waals surface area contributed by atoms with Crippen LogP contribution in [0.4, 0.5) is 4.39 Å². The summed E-state index contributed by atoms with van der Waals surface area (Å²) in [7, 11) is 1.94. The summed E-state index contributed by atoms with van der Waals surface area (Å²) in [4.78, 5) is 2.29. The van der Waals surface area contributed by atoms with Gasteiger partial charge in [0.05, 0.1) is 6.67 Å². The van der Waals surface area contributed by atoms with E-state index in [-0.39, 0.29) is 6.67 Å². The first-order valence-corrected chi connectivity index (χ1v) is 7.12. The predicted molar refractivity (Wildman–Crippen MR) is 78.3 cm³/mol. The zero-order valence-electron chi connectivity index (χ0n) is 10.9. The molecule has 0 spiro atoms. The number of hydrogen-bond acceptors (Lipinski definition) is 2. The van der Waals surface area contributed by atoms with E-state index in [4.69, 9.17) is 0 Å². The van der Waals surface area contributed by atoms with Gasteiger partial charge in [-0.3, -0.25) is 4.39 Å². The second kappa shape index (κ2) is 7.31. The number of alkyl halides is 1.